The summed E-state index contributed by atoms with van der Waals surface area (Å²) in [6.07, 6.45) is 9.33. The van der Waals surface area contributed by atoms with Gasteiger partial charge in [-0.1, -0.05) is 25.5 Å². The van der Waals surface area contributed by atoms with Gasteiger partial charge in [-0.2, -0.15) is 0 Å². The number of ketones is 1. The van der Waals surface area contributed by atoms with Gasteiger partial charge in [0.1, 0.15) is 0 Å². The van der Waals surface area contributed by atoms with Crippen LogP contribution in [0.2, 0.25) is 0 Å². The molecule has 2 aliphatic carbocycles. The van der Waals surface area contributed by atoms with Crippen molar-refractivity contribution in [3.8, 4) is 0 Å². The van der Waals surface area contributed by atoms with Crippen molar-refractivity contribution < 1.29 is 4.79 Å². The van der Waals surface area contributed by atoms with Crippen LogP contribution in [0.15, 0.2) is 23.8 Å². The molecule has 0 aromatic carbocycles. The molecular weight excluding hydrogens is 184 g/mol. The fraction of sp³-hybridized carbons (Fsp3) is 0.643. The molecule has 0 amide bonds. The first kappa shape index (κ1) is 10.7. The molecule has 0 aromatic heterocycles. The van der Waals surface area contributed by atoms with Gasteiger partial charge in [0.05, 0.1) is 0 Å². The minimum atomic E-state index is 0.160. The van der Waals surface area contributed by atoms with Crippen LogP contribution in [0.25, 0.3) is 0 Å². The molecular formula is C14H20O. The maximum atomic E-state index is 11.6. The molecule has 2 atom stereocenters. The average Bonchev–Trinajstić information content (AvgIpc) is 2.69. The summed E-state index contributed by atoms with van der Waals surface area (Å²) in [6, 6.07) is 0. The van der Waals surface area contributed by atoms with Gasteiger partial charge >= 0.3 is 0 Å². The van der Waals surface area contributed by atoms with Gasteiger partial charge in [-0.05, 0) is 55.6 Å². The number of hydrogen-bond acceptors (Lipinski definition) is 1. The molecule has 0 spiro atoms. The van der Waals surface area contributed by atoms with Crippen molar-refractivity contribution >= 4 is 5.78 Å². The summed E-state index contributed by atoms with van der Waals surface area (Å²) in [5, 5.41) is 0. The normalized spacial score (nSPS) is 35.5. The Balaban J connectivity index is 2.26. The van der Waals surface area contributed by atoms with Gasteiger partial charge in [-0.3, -0.25) is 4.79 Å². The van der Waals surface area contributed by atoms with Crippen molar-refractivity contribution in [1.29, 1.82) is 0 Å². The zero-order chi connectivity index (χ0) is 11.1. The molecule has 0 heterocycles. The highest BCUT2D eigenvalue weighted by atomic mass is 16.1. The highest BCUT2D eigenvalue weighted by molar-refractivity contribution is 5.99. The first-order chi connectivity index (χ1) is 7.05. The van der Waals surface area contributed by atoms with Gasteiger partial charge in [0.25, 0.3) is 0 Å². The second-order valence-corrected chi connectivity index (χ2v) is 5.43. The summed E-state index contributed by atoms with van der Waals surface area (Å²) in [7, 11) is 0. The lowest BCUT2D eigenvalue weighted by atomic mass is 9.72. The van der Waals surface area contributed by atoms with Gasteiger partial charge in [0, 0.05) is 0 Å². The zero-order valence-corrected chi connectivity index (χ0v) is 9.92. The molecule has 0 aromatic rings. The number of carbonyl (C=O) groups excluding carboxylic acids is 1. The Morgan fingerprint density at radius 3 is 2.67 bits per heavy atom. The van der Waals surface area contributed by atoms with Crippen molar-refractivity contribution in [3.05, 3.63) is 23.8 Å². The van der Waals surface area contributed by atoms with Crippen molar-refractivity contribution in [3.63, 3.8) is 0 Å². The molecule has 15 heavy (non-hydrogen) atoms. The third-order valence-corrected chi connectivity index (χ3v) is 4.27. The van der Waals surface area contributed by atoms with Crippen molar-refractivity contribution in [2.45, 2.75) is 40.0 Å². The van der Waals surface area contributed by atoms with E-state index in [0.717, 1.165) is 5.92 Å². The predicted molar refractivity (Wildman–Crippen MR) is 62.5 cm³/mol. The first-order valence-corrected chi connectivity index (χ1v) is 5.94. The van der Waals surface area contributed by atoms with Crippen LogP contribution >= 0.6 is 0 Å². The Hall–Kier alpha value is -0.850. The third kappa shape index (κ3) is 1.68. The SMILES string of the molecule is CC=CC(=O)C=C1C2CCC(C2)C1(C)C. The summed E-state index contributed by atoms with van der Waals surface area (Å²) in [5.74, 6) is 1.67. The van der Waals surface area contributed by atoms with Gasteiger partial charge in [-0.25, -0.2) is 0 Å². The summed E-state index contributed by atoms with van der Waals surface area (Å²) >= 11 is 0. The van der Waals surface area contributed by atoms with Crippen LogP contribution in [0.3, 0.4) is 0 Å². The van der Waals surface area contributed by atoms with E-state index in [1.54, 1.807) is 6.08 Å². The Labute approximate surface area is 92.3 Å². The van der Waals surface area contributed by atoms with Crippen molar-refractivity contribution in [2.24, 2.45) is 17.3 Å². The fourth-order valence-corrected chi connectivity index (χ4v) is 3.35. The van der Waals surface area contributed by atoms with E-state index >= 15 is 0 Å². The number of hydrogen-bond donors (Lipinski definition) is 0. The molecule has 82 valence electrons. The van der Waals surface area contributed by atoms with E-state index in [4.69, 9.17) is 0 Å². The smallest absolute Gasteiger partial charge is 0.178 e. The van der Waals surface area contributed by atoms with E-state index < -0.39 is 0 Å². The average molecular weight is 204 g/mol. The van der Waals surface area contributed by atoms with E-state index in [-0.39, 0.29) is 11.2 Å². The van der Waals surface area contributed by atoms with Crippen LogP contribution in [0, 0.1) is 17.3 Å². The molecule has 1 nitrogen and oxygen atoms in total. The summed E-state index contributed by atoms with van der Waals surface area (Å²) in [4.78, 5) is 11.6. The minimum Gasteiger partial charge on any atom is -0.290 e. The van der Waals surface area contributed by atoms with E-state index in [1.165, 1.54) is 24.8 Å². The summed E-state index contributed by atoms with van der Waals surface area (Å²) in [5.41, 5.74) is 1.67. The largest absolute Gasteiger partial charge is 0.290 e. The minimum absolute atomic E-state index is 0.160. The van der Waals surface area contributed by atoms with E-state index in [1.807, 2.05) is 19.1 Å². The van der Waals surface area contributed by atoms with E-state index in [9.17, 15) is 4.79 Å². The third-order valence-electron chi connectivity index (χ3n) is 4.27. The van der Waals surface area contributed by atoms with Crippen LogP contribution in [-0.4, -0.2) is 5.78 Å². The molecule has 2 rings (SSSR count). The lowest BCUT2D eigenvalue weighted by Gasteiger charge is -2.32. The second-order valence-electron chi connectivity index (χ2n) is 5.43. The molecule has 0 radical (unpaired) electrons. The quantitative estimate of drug-likeness (QED) is 0.629. The molecule has 2 aliphatic rings. The molecule has 1 heteroatoms. The predicted octanol–water partition coefficient (Wildman–Crippen LogP) is 3.51. The monoisotopic (exact) mass is 204 g/mol. The Bertz CT molecular complexity index is 333. The number of carbonyl (C=O) groups is 1. The molecule has 0 aliphatic heterocycles. The molecule has 2 fully saturated rings. The fourth-order valence-electron chi connectivity index (χ4n) is 3.35. The van der Waals surface area contributed by atoms with Crippen LogP contribution < -0.4 is 0 Å². The van der Waals surface area contributed by atoms with Gasteiger partial charge in [0.15, 0.2) is 5.78 Å². The molecule has 2 saturated carbocycles. The maximum Gasteiger partial charge on any atom is 0.178 e. The standard InChI is InChI=1S/C14H20O/c1-4-5-12(15)9-13-10-6-7-11(8-10)14(13,2)3/h4-5,9-11H,6-8H2,1-3H3. The molecule has 0 saturated heterocycles. The van der Waals surface area contributed by atoms with Crippen LogP contribution in [0.1, 0.15) is 40.0 Å². The highest BCUT2D eigenvalue weighted by Gasteiger charge is 2.48. The van der Waals surface area contributed by atoms with Gasteiger partial charge in [0.2, 0.25) is 0 Å². The number of rotatable bonds is 2. The molecule has 0 N–H and O–H groups in total. The molecule has 2 unspecified atom stereocenters. The van der Waals surface area contributed by atoms with Crippen LogP contribution in [0.5, 0.6) is 0 Å². The van der Waals surface area contributed by atoms with Crippen molar-refractivity contribution in [2.75, 3.05) is 0 Å². The topological polar surface area (TPSA) is 17.1 Å². The lowest BCUT2D eigenvalue weighted by Crippen LogP contribution is -2.23. The number of fused-ring (bicyclic) bond motifs is 2. The molecule has 2 bridgehead atoms. The van der Waals surface area contributed by atoms with Gasteiger partial charge in [-0.15, -0.1) is 0 Å². The van der Waals surface area contributed by atoms with E-state index in [0.29, 0.717) is 5.92 Å². The maximum absolute atomic E-state index is 11.6. The Kier molecular flexibility index (Phi) is 2.57. The van der Waals surface area contributed by atoms with E-state index in [2.05, 4.69) is 13.8 Å². The van der Waals surface area contributed by atoms with Crippen LogP contribution in [0.4, 0.5) is 0 Å². The lowest BCUT2D eigenvalue weighted by molar-refractivity contribution is -0.110. The first-order valence-electron chi connectivity index (χ1n) is 5.94. The summed E-state index contributed by atoms with van der Waals surface area (Å²) in [6.45, 7) is 6.49. The Morgan fingerprint density at radius 1 is 1.40 bits per heavy atom. The van der Waals surface area contributed by atoms with Gasteiger partial charge < -0.3 is 0 Å². The second kappa shape index (κ2) is 3.62. The Morgan fingerprint density at radius 2 is 2.13 bits per heavy atom. The van der Waals surface area contributed by atoms with Crippen molar-refractivity contribution in [1.82, 2.24) is 0 Å². The van der Waals surface area contributed by atoms with Crippen LogP contribution in [-0.2, 0) is 4.79 Å². The zero-order valence-electron chi connectivity index (χ0n) is 9.92. The summed E-state index contributed by atoms with van der Waals surface area (Å²) < 4.78 is 0. The number of allylic oxidation sites excluding steroid dienone is 4. The highest BCUT2D eigenvalue weighted by Crippen LogP contribution is 2.58.